The molecule has 1 amide bonds. The van der Waals surface area contributed by atoms with Crippen LogP contribution >= 0.6 is 11.8 Å². The normalized spacial score (nSPS) is 31.3. The lowest BCUT2D eigenvalue weighted by Crippen LogP contribution is -2.38. The Morgan fingerprint density at radius 1 is 1.30 bits per heavy atom. The Labute approximate surface area is 140 Å². The van der Waals surface area contributed by atoms with Crippen LogP contribution in [0.4, 0.5) is 5.69 Å². The SMILES string of the molecule is C[C@@H]1C(=O)Nc2ccc(C3=CSC4=N[C@H]5CCCC[C@@H]5N34)cc21. The third-order valence-electron chi connectivity index (χ3n) is 5.51. The Balaban J connectivity index is 1.51. The topological polar surface area (TPSA) is 44.7 Å². The van der Waals surface area contributed by atoms with Crippen molar-refractivity contribution < 1.29 is 4.79 Å². The number of amides is 1. The minimum Gasteiger partial charge on any atom is -0.325 e. The Hall–Kier alpha value is -1.75. The molecular formula is C18H19N3OS. The summed E-state index contributed by atoms with van der Waals surface area (Å²) in [4.78, 5) is 19.3. The van der Waals surface area contributed by atoms with E-state index in [2.05, 4.69) is 27.8 Å². The van der Waals surface area contributed by atoms with Gasteiger partial charge in [0.25, 0.3) is 0 Å². The first-order valence-electron chi connectivity index (χ1n) is 8.41. The largest absolute Gasteiger partial charge is 0.325 e. The Bertz CT molecular complexity index is 770. The molecule has 1 saturated carbocycles. The lowest BCUT2D eigenvalue weighted by atomic mass is 9.90. The van der Waals surface area contributed by atoms with Gasteiger partial charge in [0.2, 0.25) is 5.91 Å². The summed E-state index contributed by atoms with van der Waals surface area (Å²) in [6.07, 6.45) is 5.06. The fourth-order valence-electron chi connectivity index (χ4n) is 4.21. The lowest BCUT2D eigenvalue weighted by molar-refractivity contribution is -0.116. The monoisotopic (exact) mass is 325 g/mol. The zero-order valence-corrected chi connectivity index (χ0v) is 13.9. The van der Waals surface area contributed by atoms with Gasteiger partial charge in [0.15, 0.2) is 5.17 Å². The predicted molar refractivity (Wildman–Crippen MR) is 94.4 cm³/mol. The molecule has 4 aliphatic rings. The van der Waals surface area contributed by atoms with Crippen LogP contribution in [-0.2, 0) is 4.79 Å². The van der Waals surface area contributed by atoms with Gasteiger partial charge in [0.1, 0.15) is 0 Å². The van der Waals surface area contributed by atoms with Gasteiger partial charge in [0, 0.05) is 11.1 Å². The minimum absolute atomic E-state index is 0.0613. The van der Waals surface area contributed by atoms with Crippen LogP contribution in [-0.4, -0.2) is 28.1 Å². The fraction of sp³-hybridized carbons (Fsp3) is 0.444. The van der Waals surface area contributed by atoms with Gasteiger partial charge in [-0.2, -0.15) is 0 Å². The molecule has 5 heteroatoms. The first-order valence-corrected chi connectivity index (χ1v) is 9.29. The molecule has 0 spiro atoms. The van der Waals surface area contributed by atoms with Crippen molar-refractivity contribution in [1.29, 1.82) is 0 Å². The summed E-state index contributed by atoms with van der Waals surface area (Å²) in [6.45, 7) is 1.97. The summed E-state index contributed by atoms with van der Waals surface area (Å²) in [5, 5.41) is 6.34. The number of carbonyl (C=O) groups excluding carboxylic acids is 1. The summed E-state index contributed by atoms with van der Waals surface area (Å²) in [5.74, 6) is 0.0384. The van der Waals surface area contributed by atoms with Crippen molar-refractivity contribution in [2.24, 2.45) is 4.99 Å². The lowest BCUT2D eigenvalue weighted by Gasteiger charge is -2.32. The number of benzene rings is 1. The Kier molecular flexibility index (Phi) is 2.89. The maximum absolute atomic E-state index is 11.9. The van der Waals surface area contributed by atoms with Gasteiger partial charge in [-0.25, -0.2) is 0 Å². The van der Waals surface area contributed by atoms with E-state index in [4.69, 9.17) is 4.99 Å². The van der Waals surface area contributed by atoms with Crippen molar-refractivity contribution in [2.75, 3.05) is 5.32 Å². The molecule has 0 saturated heterocycles. The maximum Gasteiger partial charge on any atom is 0.231 e. The quantitative estimate of drug-likeness (QED) is 0.855. The van der Waals surface area contributed by atoms with Crippen LogP contribution in [0.25, 0.3) is 5.70 Å². The first kappa shape index (κ1) is 13.7. The second-order valence-electron chi connectivity index (χ2n) is 6.83. The minimum atomic E-state index is -0.0613. The number of hydrogen-bond donors (Lipinski definition) is 1. The smallest absolute Gasteiger partial charge is 0.231 e. The average Bonchev–Trinajstić information content (AvgIpc) is 3.20. The van der Waals surface area contributed by atoms with Crippen molar-refractivity contribution in [3.05, 3.63) is 34.7 Å². The predicted octanol–water partition coefficient (Wildman–Crippen LogP) is 3.77. The number of nitrogens with one attached hydrogen (secondary N) is 1. The second kappa shape index (κ2) is 4.87. The third-order valence-corrected chi connectivity index (χ3v) is 6.36. The summed E-state index contributed by atoms with van der Waals surface area (Å²) in [7, 11) is 0. The third kappa shape index (κ3) is 1.92. The molecule has 0 unspecified atom stereocenters. The van der Waals surface area contributed by atoms with Crippen LogP contribution in [0, 0.1) is 0 Å². The molecule has 1 N–H and O–H groups in total. The molecule has 118 valence electrons. The van der Waals surface area contributed by atoms with E-state index in [9.17, 15) is 4.79 Å². The molecule has 3 aliphatic heterocycles. The molecule has 3 atom stereocenters. The average molecular weight is 325 g/mol. The van der Waals surface area contributed by atoms with Gasteiger partial charge in [0.05, 0.1) is 23.7 Å². The number of amidine groups is 1. The molecule has 0 bridgehead atoms. The van der Waals surface area contributed by atoms with Crippen molar-refractivity contribution in [2.45, 2.75) is 50.6 Å². The molecule has 0 aromatic heterocycles. The number of thioether (sulfide) groups is 1. The zero-order chi connectivity index (χ0) is 15.6. The van der Waals surface area contributed by atoms with E-state index < -0.39 is 0 Å². The van der Waals surface area contributed by atoms with E-state index in [1.54, 1.807) is 11.8 Å². The van der Waals surface area contributed by atoms with Crippen LogP contribution < -0.4 is 5.32 Å². The number of fused-ring (bicyclic) bond motifs is 4. The highest BCUT2D eigenvalue weighted by Gasteiger charge is 2.42. The van der Waals surface area contributed by atoms with Crippen LogP contribution in [0.15, 0.2) is 28.6 Å². The van der Waals surface area contributed by atoms with E-state index in [-0.39, 0.29) is 11.8 Å². The number of aliphatic imine (C=N–C) groups is 1. The number of hydrogen-bond acceptors (Lipinski definition) is 4. The highest BCUT2D eigenvalue weighted by atomic mass is 32.2. The number of rotatable bonds is 1. The maximum atomic E-state index is 11.9. The van der Waals surface area contributed by atoms with E-state index in [0.29, 0.717) is 12.1 Å². The van der Waals surface area contributed by atoms with Crippen molar-refractivity contribution in [3.63, 3.8) is 0 Å². The fourth-order valence-corrected chi connectivity index (χ4v) is 5.22. The Morgan fingerprint density at radius 3 is 3.09 bits per heavy atom. The van der Waals surface area contributed by atoms with E-state index in [0.717, 1.165) is 11.3 Å². The zero-order valence-electron chi connectivity index (χ0n) is 13.1. The van der Waals surface area contributed by atoms with Gasteiger partial charge < -0.3 is 10.2 Å². The molecule has 1 aliphatic carbocycles. The highest BCUT2D eigenvalue weighted by Crippen LogP contribution is 2.45. The standard InChI is InChI=1S/C18H19N3OS/c1-10-12-8-11(6-7-13(12)19-17(10)22)16-9-23-18-20-14-4-2-3-5-15(14)21(16)18/h6-10,14-15H,2-5H2,1H3,(H,19,22)/t10-,14-,15-/m0/s1. The van der Waals surface area contributed by atoms with Crippen LogP contribution in [0.5, 0.6) is 0 Å². The molecule has 23 heavy (non-hydrogen) atoms. The molecule has 1 aromatic rings. The van der Waals surface area contributed by atoms with Crippen molar-refractivity contribution in [1.82, 2.24) is 4.90 Å². The Morgan fingerprint density at radius 2 is 2.17 bits per heavy atom. The van der Waals surface area contributed by atoms with E-state index in [1.807, 2.05) is 13.0 Å². The molecular weight excluding hydrogens is 306 g/mol. The molecule has 5 rings (SSSR count). The number of nitrogens with zero attached hydrogens (tertiary/aromatic N) is 2. The van der Waals surface area contributed by atoms with Gasteiger partial charge in [-0.3, -0.25) is 9.79 Å². The van der Waals surface area contributed by atoms with Gasteiger partial charge in [-0.05, 0) is 43.0 Å². The highest BCUT2D eigenvalue weighted by molar-refractivity contribution is 8.16. The molecule has 4 nitrogen and oxygen atoms in total. The van der Waals surface area contributed by atoms with Gasteiger partial charge in [-0.1, -0.05) is 30.7 Å². The first-order chi connectivity index (χ1) is 11.2. The summed E-state index contributed by atoms with van der Waals surface area (Å²) < 4.78 is 0. The second-order valence-corrected chi connectivity index (χ2v) is 7.67. The van der Waals surface area contributed by atoms with Gasteiger partial charge >= 0.3 is 0 Å². The number of carbonyl (C=O) groups is 1. The van der Waals surface area contributed by atoms with Crippen LogP contribution in [0.3, 0.4) is 0 Å². The summed E-state index contributed by atoms with van der Waals surface area (Å²) in [6, 6.07) is 7.37. The van der Waals surface area contributed by atoms with Crippen molar-refractivity contribution in [3.8, 4) is 0 Å². The van der Waals surface area contributed by atoms with E-state index in [1.165, 1.54) is 42.1 Å². The van der Waals surface area contributed by atoms with E-state index >= 15 is 0 Å². The number of anilines is 1. The summed E-state index contributed by atoms with van der Waals surface area (Å²) in [5.41, 5.74) is 4.54. The van der Waals surface area contributed by atoms with Crippen molar-refractivity contribution >= 4 is 34.2 Å². The van der Waals surface area contributed by atoms with Crippen LogP contribution in [0.1, 0.15) is 49.7 Å². The summed E-state index contributed by atoms with van der Waals surface area (Å²) >= 11 is 1.75. The molecule has 0 radical (unpaired) electrons. The molecule has 1 fully saturated rings. The molecule has 1 aromatic carbocycles. The molecule has 3 heterocycles. The van der Waals surface area contributed by atoms with Crippen LogP contribution in [0.2, 0.25) is 0 Å². The van der Waals surface area contributed by atoms with Gasteiger partial charge in [-0.15, -0.1) is 0 Å².